The summed E-state index contributed by atoms with van der Waals surface area (Å²) >= 11 is 3.44. The first-order valence-electron chi connectivity index (χ1n) is 11.0. The number of nitrogens with zero attached hydrogens (tertiary/aromatic N) is 2. The van der Waals surface area contributed by atoms with Crippen LogP contribution in [0.1, 0.15) is 44.4 Å². The number of rotatable bonds is 8. The molecule has 2 aromatic rings. The topological polar surface area (TPSA) is 86.8 Å². The van der Waals surface area contributed by atoms with Gasteiger partial charge in [-0.05, 0) is 76.4 Å². The van der Waals surface area contributed by atoms with Crippen LogP contribution in [-0.4, -0.2) is 49.5 Å². The Hall–Kier alpha value is -2.39. The molecule has 186 valence electrons. The van der Waals surface area contributed by atoms with Crippen LogP contribution in [0.5, 0.6) is 0 Å². The van der Waals surface area contributed by atoms with Crippen LogP contribution in [0, 0.1) is 13.8 Å². The van der Waals surface area contributed by atoms with Gasteiger partial charge in [0.25, 0.3) is 0 Å². The van der Waals surface area contributed by atoms with Gasteiger partial charge in [0.2, 0.25) is 21.8 Å². The predicted octanol–water partition coefficient (Wildman–Crippen LogP) is 4.16. The summed E-state index contributed by atoms with van der Waals surface area (Å²) in [5.74, 6) is -0.781. The Bertz CT molecular complexity index is 1160. The monoisotopic (exact) mass is 551 g/mol. The largest absolute Gasteiger partial charge is 0.350 e. The van der Waals surface area contributed by atoms with Gasteiger partial charge < -0.3 is 10.2 Å². The zero-order chi connectivity index (χ0) is 25.8. The molecular formula is C25H34BrN3O4S. The second-order valence-electron chi connectivity index (χ2n) is 9.56. The quantitative estimate of drug-likeness (QED) is 0.533. The van der Waals surface area contributed by atoms with E-state index in [1.54, 1.807) is 19.1 Å². The van der Waals surface area contributed by atoms with E-state index < -0.39 is 34.1 Å². The van der Waals surface area contributed by atoms with E-state index in [2.05, 4.69) is 21.2 Å². The van der Waals surface area contributed by atoms with Gasteiger partial charge in [0.15, 0.2) is 0 Å². The smallest absolute Gasteiger partial charge is 0.244 e. The van der Waals surface area contributed by atoms with Crippen molar-refractivity contribution >= 4 is 43.5 Å². The molecule has 0 radical (unpaired) electrons. The number of hydrogen-bond acceptors (Lipinski definition) is 4. The normalized spacial score (nSPS) is 12.7. The molecule has 0 unspecified atom stereocenters. The zero-order valence-electron chi connectivity index (χ0n) is 20.8. The molecule has 0 spiro atoms. The summed E-state index contributed by atoms with van der Waals surface area (Å²) in [6, 6.07) is 12.0. The zero-order valence-corrected chi connectivity index (χ0v) is 23.2. The number of hydrogen-bond donors (Lipinski definition) is 1. The van der Waals surface area contributed by atoms with Crippen LogP contribution in [-0.2, 0) is 26.2 Å². The number of sulfonamides is 1. The lowest BCUT2D eigenvalue weighted by atomic mass is 10.1. The van der Waals surface area contributed by atoms with Crippen molar-refractivity contribution in [2.45, 2.75) is 59.7 Å². The van der Waals surface area contributed by atoms with Crippen LogP contribution >= 0.6 is 15.9 Å². The lowest BCUT2D eigenvalue weighted by molar-refractivity contribution is -0.140. The maximum atomic E-state index is 13.6. The first-order chi connectivity index (χ1) is 15.6. The Morgan fingerprint density at radius 1 is 1.09 bits per heavy atom. The van der Waals surface area contributed by atoms with Crippen molar-refractivity contribution in [2.24, 2.45) is 0 Å². The van der Waals surface area contributed by atoms with E-state index in [4.69, 9.17) is 0 Å². The number of nitrogens with one attached hydrogen (secondary N) is 1. The molecule has 7 nitrogen and oxygen atoms in total. The van der Waals surface area contributed by atoms with E-state index in [1.165, 1.54) is 4.90 Å². The van der Waals surface area contributed by atoms with Gasteiger partial charge in [-0.15, -0.1) is 0 Å². The van der Waals surface area contributed by atoms with E-state index in [0.29, 0.717) is 5.69 Å². The number of carbonyl (C=O) groups excluding carboxylic acids is 2. The SMILES string of the molecule is Cc1cccc(N(CC(=O)N(Cc2cccc(Br)c2)[C@H](C)C(=O)NC(C)(C)C)S(C)(=O)=O)c1C. The molecule has 0 aromatic heterocycles. The maximum absolute atomic E-state index is 13.6. The van der Waals surface area contributed by atoms with Crippen LogP contribution in [0.25, 0.3) is 0 Å². The average molecular weight is 553 g/mol. The molecule has 0 aliphatic rings. The summed E-state index contributed by atoms with van der Waals surface area (Å²) in [5, 5.41) is 2.91. The Balaban J connectivity index is 2.45. The highest BCUT2D eigenvalue weighted by Gasteiger charge is 2.31. The van der Waals surface area contributed by atoms with E-state index >= 15 is 0 Å². The summed E-state index contributed by atoms with van der Waals surface area (Å²) in [7, 11) is -3.76. The van der Waals surface area contributed by atoms with Gasteiger partial charge in [-0.25, -0.2) is 8.42 Å². The molecular weight excluding hydrogens is 518 g/mol. The average Bonchev–Trinajstić information content (AvgIpc) is 2.70. The van der Waals surface area contributed by atoms with Gasteiger partial charge >= 0.3 is 0 Å². The van der Waals surface area contributed by atoms with Crippen LogP contribution < -0.4 is 9.62 Å². The second-order valence-corrected chi connectivity index (χ2v) is 12.4. The predicted molar refractivity (Wildman–Crippen MR) is 140 cm³/mol. The van der Waals surface area contributed by atoms with Crippen molar-refractivity contribution in [2.75, 3.05) is 17.1 Å². The number of benzene rings is 2. The van der Waals surface area contributed by atoms with Crippen LogP contribution in [0.2, 0.25) is 0 Å². The Labute approximate surface area is 211 Å². The molecule has 2 aromatic carbocycles. The Morgan fingerprint density at radius 3 is 2.26 bits per heavy atom. The lowest BCUT2D eigenvalue weighted by Crippen LogP contribution is -2.54. The minimum Gasteiger partial charge on any atom is -0.350 e. The first-order valence-corrected chi connectivity index (χ1v) is 13.6. The summed E-state index contributed by atoms with van der Waals surface area (Å²) in [6.45, 7) is 10.7. The third kappa shape index (κ3) is 7.56. The van der Waals surface area contributed by atoms with Gasteiger partial charge in [0.05, 0.1) is 11.9 Å². The van der Waals surface area contributed by atoms with E-state index in [0.717, 1.165) is 31.7 Å². The molecule has 0 aliphatic carbocycles. The van der Waals surface area contributed by atoms with Crippen molar-refractivity contribution < 1.29 is 18.0 Å². The first kappa shape index (κ1) is 27.9. The molecule has 0 heterocycles. The van der Waals surface area contributed by atoms with E-state index in [1.807, 2.05) is 65.0 Å². The van der Waals surface area contributed by atoms with Gasteiger partial charge in [0, 0.05) is 16.6 Å². The second kappa shape index (κ2) is 10.9. The minimum absolute atomic E-state index is 0.154. The maximum Gasteiger partial charge on any atom is 0.244 e. The Morgan fingerprint density at radius 2 is 1.71 bits per heavy atom. The highest BCUT2D eigenvalue weighted by molar-refractivity contribution is 9.10. The fourth-order valence-electron chi connectivity index (χ4n) is 3.49. The van der Waals surface area contributed by atoms with E-state index in [-0.39, 0.29) is 12.5 Å². The van der Waals surface area contributed by atoms with Crippen LogP contribution in [0.4, 0.5) is 5.69 Å². The van der Waals surface area contributed by atoms with Crippen molar-refractivity contribution in [3.63, 3.8) is 0 Å². The van der Waals surface area contributed by atoms with Crippen LogP contribution in [0.3, 0.4) is 0 Å². The van der Waals surface area contributed by atoms with Gasteiger partial charge in [-0.1, -0.05) is 40.2 Å². The number of amides is 2. The highest BCUT2D eigenvalue weighted by atomic mass is 79.9. The highest BCUT2D eigenvalue weighted by Crippen LogP contribution is 2.25. The number of aryl methyl sites for hydroxylation is 1. The van der Waals surface area contributed by atoms with Crippen molar-refractivity contribution in [1.29, 1.82) is 0 Å². The molecule has 1 N–H and O–H groups in total. The molecule has 0 fully saturated rings. The molecule has 0 saturated heterocycles. The number of halogens is 1. The van der Waals surface area contributed by atoms with Gasteiger partial charge in [-0.3, -0.25) is 13.9 Å². The molecule has 0 saturated carbocycles. The minimum atomic E-state index is -3.76. The third-order valence-corrected chi connectivity index (χ3v) is 7.05. The van der Waals surface area contributed by atoms with Crippen molar-refractivity contribution in [3.8, 4) is 0 Å². The van der Waals surface area contributed by atoms with Gasteiger partial charge in [0.1, 0.15) is 12.6 Å². The lowest BCUT2D eigenvalue weighted by Gasteiger charge is -2.33. The molecule has 9 heteroatoms. The molecule has 2 rings (SSSR count). The summed E-state index contributed by atoms with van der Waals surface area (Å²) < 4.78 is 27.4. The van der Waals surface area contributed by atoms with Crippen LogP contribution in [0.15, 0.2) is 46.9 Å². The summed E-state index contributed by atoms with van der Waals surface area (Å²) in [6.07, 6.45) is 1.08. The summed E-state index contributed by atoms with van der Waals surface area (Å²) in [4.78, 5) is 28.0. The van der Waals surface area contributed by atoms with Crippen molar-refractivity contribution in [3.05, 3.63) is 63.6 Å². The number of anilines is 1. The van der Waals surface area contributed by atoms with Gasteiger partial charge in [-0.2, -0.15) is 0 Å². The molecule has 0 aliphatic heterocycles. The number of carbonyl (C=O) groups is 2. The third-order valence-electron chi connectivity index (χ3n) is 5.43. The fraction of sp³-hybridized carbons (Fsp3) is 0.440. The van der Waals surface area contributed by atoms with E-state index in [9.17, 15) is 18.0 Å². The molecule has 1 atom stereocenters. The summed E-state index contributed by atoms with van der Waals surface area (Å²) in [5.41, 5.74) is 2.48. The fourth-order valence-corrected chi connectivity index (χ4v) is 4.84. The Kier molecular flexibility index (Phi) is 8.93. The molecule has 0 bridgehead atoms. The molecule has 2 amide bonds. The molecule has 34 heavy (non-hydrogen) atoms. The van der Waals surface area contributed by atoms with Crippen molar-refractivity contribution in [1.82, 2.24) is 10.2 Å². The standard InChI is InChI=1S/C25H34BrN3O4S/c1-17-10-8-13-22(18(17)2)29(34(7,32)33)16-23(30)28(15-20-11-9-12-21(26)14-20)19(3)24(31)27-25(4,5)6/h8-14,19H,15-16H2,1-7H3,(H,27,31)/t19-/m1/s1.